The van der Waals surface area contributed by atoms with Crippen LogP contribution in [0.2, 0.25) is 0 Å². The van der Waals surface area contributed by atoms with Crippen LogP contribution in [0.15, 0.2) is 29.2 Å². The normalized spacial score (nSPS) is 22.2. The summed E-state index contributed by atoms with van der Waals surface area (Å²) >= 11 is 0. The van der Waals surface area contributed by atoms with Crippen LogP contribution >= 0.6 is 0 Å². The highest BCUT2D eigenvalue weighted by Crippen LogP contribution is 2.25. The van der Waals surface area contributed by atoms with Crippen LogP contribution in [0.25, 0.3) is 0 Å². The number of urea groups is 1. The number of nitrogens with zero attached hydrogens (tertiary/aromatic N) is 3. The molecule has 1 aromatic rings. The molecular formula is C16H23N3O5S. The number of hydrogen-bond donors (Lipinski definition) is 0. The first-order chi connectivity index (χ1) is 11.9. The van der Waals surface area contributed by atoms with Crippen LogP contribution < -0.4 is 4.74 Å². The molecule has 0 N–H and O–H groups in total. The van der Waals surface area contributed by atoms with Crippen LogP contribution in [0.4, 0.5) is 4.79 Å². The lowest BCUT2D eigenvalue weighted by atomic mass is 10.3. The largest absolute Gasteiger partial charge is 0.497 e. The Kier molecular flexibility index (Phi) is 5.16. The van der Waals surface area contributed by atoms with Crippen LogP contribution in [0, 0.1) is 0 Å². The first-order valence-electron chi connectivity index (χ1n) is 8.21. The Hall–Kier alpha value is -1.84. The van der Waals surface area contributed by atoms with Gasteiger partial charge in [-0.2, -0.15) is 4.31 Å². The molecule has 0 bridgehead atoms. The van der Waals surface area contributed by atoms with E-state index >= 15 is 0 Å². The van der Waals surface area contributed by atoms with E-state index in [9.17, 15) is 13.2 Å². The molecule has 3 rings (SSSR count). The van der Waals surface area contributed by atoms with E-state index in [1.54, 1.807) is 21.9 Å². The monoisotopic (exact) mass is 369 g/mol. The number of sulfonamides is 1. The number of methoxy groups -OCH3 is 1. The molecule has 2 aliphatic heterocycles. The lowest BCUT2D eigenvalue weighted by Gasteiger charge is -2.32. The summed E-state index contributed by atoms with van der Waals surface area (Å²) in [5.74, 6) is 0.595. The number of hydrogen-bond acceptors (Lipinski definition) is 5. The Morgan fingerprint density at radius 1 is 1.20 bits per heavy atom. The third-order valence-corrected chi connectivity index (χ3v) is 6.35. The van der Waals surface area contributed by atoms with Gasteiger partial charge in [0.2, 0.25) is 10.0 Å². The van der Waals surface area contributed by atoms with Crippen molar-refractivity contribution < 1.29 is 22.7 Å². The van der Waals surface area contributed by atoms with Gasteiger partial charge in [-0.15, -0.1) is 0 Å². The summed E-state index contributed by atoms with van der Waals surface area (Å²) in [4.78, 5) is 16.2. The highest BCUT2D eigenvalue weighted by Gasteiger charge is 2.39. The molecule has 2 heterocycles. The van der Waals surface area contributed by atoms with E-state index in [1.165, 1.54) is 23.5 Å². The third kappa shape index (κ3) is 3.58. The van der Waals surface area contributed by atoms with Crippen molar-refractivity contribution in [2.24, 2.45) is 0 Å². The fraction of sp³-hybridized carbons (Fsp3) is 0.562. The molecule has 9 heteroatoms. The van der Waals surface area contributed by atoms with E-state index < -0.39 is 10.0 Å². The molecule has 1 aromatic carbocycles. The minimum absolute atomic E-state index is 0.0612. The van der Waals surface area contributed by atoms with Gasteiger partial charge in [0.1, 0.15) is 5.75 Å². The van der Waals surface area contributed by atoms with Crippen molar-refractivity contribution in [3.8, 4) is 5.75 Å². The number of amides is 2. The third-order valence-electron chi connectivity index (χ3n) is 4.53. The molecule has 2 amide bonds. The average molecular weight is 369 g/mol. The van der Waals surface area contributed by atoms with E-state index in [0.717, 1.165) is 0 Å². The summed E-state index contributed by atoms with van der Waals surface area (Å²) in [6, 6.07) is 5.95. The van der Waals surface area contributed by atoms with Gasteiger partial charge in [-0.25, -0.2) is 13.2 Å². The SMILES string of the molecule is COc1ccc(S(=O)(=O)N2C[C@H](C)N(C(=O)N3CCOCC3)C2)cc1. The molecule has 2 saturated heterocycles. The second-order valence-electron chi connectivity index (χ2n) is 6.16. The van der Waals surface area contributed by atoms with E-state index in [2.05, 4.69) is 0 Å². The first-order valence-corrected chi connectivity index (χ1v) is 9.65. The van der Waals surface area contributed by atoms with Gasteiger partial charge in [0.05, 0.1) is 31.9 Å². The van der Waals surface area contributed by atoms with Gasteiger partial charge in [-0.3, -0.25) is 0 Å². The maximum absolute atomic E-state index is 12.8. The zero-order valence-electron chi connectivity index (χ0n) is 14.4. The molecule has 0 aromatic heterocycles. The number of rotatable bonds is 3. The van der Waals surface area contributed by atoms with Gasteiger partial charge in [-0.05, 0) is 31.2 Å². The molecule has 1 atom stereocenters. The Bertz CT molecular complexity index is 716. The molecule has 25 heavy (non-hydrogen) atoms. The van der Waals surface area contributed by atoms with Crippen LogP contribution in [0.1, 0.15) is 6.92 Å². The maximum Gasteiger partial charge on any atom is 0.321 e. The standard InChI is InChI=1S/C16H23N3O5S/c1-13-11-18(12-19(13)16(20)17-7-9-24-10-8-17)25(21,22)15-5-3-14(23-2)4-6-15/h3-6,13H,7-12H2,1-2H3/t13-/m0/s1. The summed E-state index contributed by atoms with van der Waals surface area (Å²) in [6.07, 6.45) is 0. The molecule has 0 radical (unpaired) electrons. The number of carbonyl (C=O) groups excluding carboxylic acids is 1. The van der Waals surface area contributed by atoms with E-state index in [-0.39, 0.29) is 30.2 Å². The van der Waals surface area contributed by atoms with Gasteiger partial charge >= 0.3 is 6.03 Å². The zero-order chi connectivity index (χ0) is 18.0. The summed E-state index contributed by atoms with van der Waals surface area (Å²) in [5.41, 5.74) is 0. The van der Waals surface area contributed by atoms with Gasteiger partial charge in [0.15, 0.2) is 0 Å². The number of ether oxygens (including phenoxy) is 2. The Morgan fingerprint density at radius 2 is 1.84 bits per heavy atom. The lowest BCUT2D eigenvalue weighted by Crippen LogP contribution is -2.49. The van der Waals surface area contributed by atoms with E-state index in [1.807, 2.05) is 6.92 Å². The predicted molar refractivity (Wildman–Crippen MR) is 90.8 cm³/mol. The molecule has 0 saturated carbocycles. The smallest absolute Gasteiger partial charge is 0.321 e. The highest BCUT2D eigenvalue weighted by molar-refractivity contribution is 7.89. The molecule has 2 aliphatic rings. The molecule has 2 fully saturated rings. The molecule has 0 spiro atoms. The van der Waals surface area contributed by atoms with Gasteiger partial charge in [0.25, 0.3) is 0 Å². The van der Waals surface area contributed by atoms with Gasteiger partial charge in [0, 0.05) is 25.7 Å². The van der Waals surface area contributed by atoms with Crippen LogP contribution in [0.3, 0.4) is 0 Å². The minimum atomic E-state index is -3.65. The molecule has 0 aliphatic carbocycles. The summed E-state index contributed by atoms with van der Waals surface area (Å²) < 4.78 is 37.3. The number of morpholine rings is 1. The van der Waals surface area contributed by atoms with Crippen molar-refractivity contribution in [3.63, 3.8) is 0 Å². The second kappa shape index (κ2) is 7.19. The second-order valence-corrected chi connectivity index (χ2v) is 8.10. The minimum Gasteiger partial charge on any atom is -0.497 e. The van der Waals surface area contributed by atoms with Gasteiger partial charge in [-0.1, -0.05) is 0 Å². The van der Waals surface area contributed by atoms with E-state index in [4.69, 9.17) is 9.47 Å². The summed E-state index contributed by atoms with van der Waals surface area (Å²) in [7, 11) is -2.12. The number of benzene rings is 1. The fourth-order valence-corrected chi connectivity index (χ4v) is 4.48. The quantitative estimate of drug-likeness (QED) is 0.787. The Morgan fingerprint density at radius 3 is 2.44 bits per heavy atom. The van der Waals surface area contributed by atoms with Crippen LogP contribution in [-0.4, -0.2) is 81.2 Å². The zero-order valence-corrected chi connectivity index (χ0v) is 15.2. The molecule has 0 unspecified atom stereocenters. The van der Waals surface area contributed by atoms with E-state index in [0.29, 0.717) is 32.1 Å². The Balaban J connectivity index is 1.74. The predicted octanol–water partition coefficient (Wildman–Crippen LogP) is 0.800. The molecular weight excluding hydrogens is 346 g/mol. The summed E-state index contributed by atoms with van der Waals surface area (Å²) in [5, 5.41) is 0. The van der Waals surface area contributed by atoms with Crippen molar-refractivity contribution >= 4 is 16.1 Å². The topological polar surface area (TPSA) is 79.4 Å². The maximum atomic E-state index is 12.8. The lowest BCUT2D eigenvalue weighted by molar-refractivity contribution is 0.0424. The van der Waals surface area contributed by atoms with Crippen LogP contribution in [-0.2, 0) is 14.8 Å². The average Bonchev–Trinajstić information content (AvgIpc) is 3.04. The van der Waals surface area contributed by atoms with Crippen molar-refractivity contribution in [2.45, 2.75) is 17.9 Å². The summed E-state index contributed by atoms with van der Waals surface area (Å²) in [6.45, 7) is 4.31. The first kappa shape index (κ1) is 18.0. The van der Waals surface area contributed by atoms with Crippen molar-refractivity contribution in [3.05, 3.63) is 24.3 Å². The Labute approximate surface area is 147 Å². The molecule has 8 nitrogen and oxygen atoms in total. The number of carbonyl (C=O) groups is 1. The fourth-order valence-electron chi connectivity index (χ4n) is 3.02. The van der Waals surface area contributed by atoms with Crippen molar-refractivity contribution in [1.29, 1.82) is 0 Å². The van der Waals surface area contributed by atoms with Crippen molar-refractivity contribution in [1.82, 2.24) is 14.1 Å². The molecule has 138 valence electrons. The van der Waals surface area contributed by atoms with Crippen LogP contribution in [0.5, 0.6) is 5.75 Å². The van der Waals surface area contributed by atoms with Gasteiger partial charge < -0.3 is 19.3 Å². The van der Waals surface area contributed by atoms with Crippen molar-refractivity contribution in [2.75, 3.05) is 46.6 Å². The highest BCUT2D eigenvalue weighted by atomic mass is 32.2.